The van der Waals surface area contributed by atoms with Gasteiger partial charge in [0, 0.05) is 6.54 Å². The first-order chi connectivity index (χ1) is 9.87. The van der Waals surface area contributed by atoms with Crippen LogP contribution in [0.15, 0.2) is 30.3 Å². The van der Waals surface area contributed by atoms with E-state index in [1.54, 1.807) is 18.7 Å². The van der Waals surface area contributed by atoms with Gasteiger partial charge in [0.15, 0.2) is 0 Å². The molecule has 0 aromatic heterocycles. The molecule has 1 aromatic carbocycles. The minimum absolute atomic E-state index is 0.0188. The molecule has 2 amide bonds. The Balaban J connectivity index is 2.43. The summed E-state index contributed by atoms with van der Waals surface area (Å²) in [5, 5.41) is 2.88. The lowest BCUT2D eigenvalue weighted by Gasteiger charge is -2.50. The van der Waals surface area contributed by atoms with Crippen LogP contribution in [0.5, 0.6) is 0 Å². The molecule has 1 saturated heterocycles. The number of nitrogens with one attached hydrogen (secondary N) is 1. The molecule has 1 heterocycles. The van der Waals surface area contributed by atoms with E-state index in [1.807, 2.05) is 44.2 Å². The van der Waals surface area contributed by atoms with Crippen LogP contribution in [0.2, 0.25) is 0 Å². The molecule has 0 bridgehead atoms. The summed E-state index contributed by atoms with van der Waals surface area (Å²) in [6, 6.07) is 9.83. The van der Waals surface area contributed by atoms with Gasteiger partial charge in [-0.15, -0.1) is 0 Å². The van der Waals surface area contributed by atoms with Gasteiger partial charge in [0.2, 0.25) is 11.8 Å². The highest BCUT2D eigenvalue weighted by atomic mass is 16.2. The summed E-state index contributed by atoms with van der Waals surface area (Å²) in [6.07, 6.45) is 1.23. The van der Waals surface area contributed by atoms with Gasteiger partial charge in [-0.25, -0.2) is 0 Å². The second-order valence-corrected chi connectivity index (χ2v) is 6.19. The molecule has 0 unspecified atom stereocenters. The Hall–Kier alpha value is -1.84. The first-order valence-corrected chi connectivity index (χ1v) is 7.56. The van der Waals surface area contributed by atoms with Gasteiger partial charge in [0.05, 0.1) is 0 Å². The fourth-order valence-corrected chi connectivity index (χ4v) is 3.05. The van der Waals surface area contributed by atoms with Crippen molar-refractivity contribution in [3.8, 4) is 0 Å². The summed E-state index contributed by atoms with van der Waals surface area (Å²) in [6.45, 7) is 7.93. The second kappa shape index (κ2) is 5.51. The summed E-state index contributed by atoms with van der Waals surface area (Å²) in [5.41, 5.74) is -0.551. The van der Waals surface area contributed by atoms with Crippen LogP contribution in [0.1, 0.15) is 46.1 Å². The van der Waals surface area contributed by atoms with Crippen molar-refractivity contribution in [3.05, 3.63) is 35.9 Å². The number of nitrogens with zero attached hydrogens (tertiary/aromatic N) is 1. The van der Waals surface area contributed by atoms with Crippen LogP contribution >= 0.6 is 0 Å². The first kappa shape index (κ1) is 15.5. The lowest BCUT2D eigenvalue weighted by atomic mass is 9.82. The third-order valence-electron chi connectivity index (χ3n) is 4.50. The van der Waals surface area contributed by atoms with Gasteiger partial charge < -0.3 is 10.2 Å². The van der Waals surface area contributed by atoms with Crippen molar-refractivity contribution in [2.75, 3.05) is 0 Å². The molecule has 1 aliphatic rings. The monoisotopic (exact) mass is 288 g/mol. The molecule has 4 heteroatoms. The number of hydrogen-bond acceptors (Lipinski definition) is 2. The van der Waals surface area contributed by atoms with E-state index in [2.05, 4.69) is 5.32 Å². The number of carbonyl (C=O) groups is 2. The van der Waals surface area contributed by atoms with E-state index in [0.717, 1.165) is 5.56 Å². The molecule has 4 nitrogen and oxygen atoms in total. The van der Waals surface area contributed by atoms with Crippen molar-refractivity contribution in [2.45, 2.75) is 58.2 Å². The van der Waals surface area contributed by atoms with Crippen LogP contribution in [0.4, 0.5) is 0 Å². The Morgan fingerprint density at radius 3 is 2.14 bits per heavy atom. The SMILES string of the molecule is CCC1(CC)C(=O)NC(C)(C)C(=O)N1Cc1ccccc1. The van der Waals surface area contributed by atoms with Crippen molar-refractivity contribution in [2.24, 2.45) is 0 Å². The third kappa shape index (κ3) is 2.55. The topological polar surface area (TPSA) is 49.4 Å². The van der Waals surface area contributed by atoms with Gasteiger partial charge in [0.1, 0.15) is 11.1 Å². The van der Waals surface area contributed by atoms with Gasteiger partial charge in [0.25, 0.3) is 0 Å². The van der Waals surface area contributed by atoms with Crippen LogP contribution < -0.4 is 5.32 Å². The van der Waals surface area contributed by atoms with Gasteiger partial charge in [-0.2, -0.15) is 0 Å². The highest BCUT2D eigenvalue weighted by Gasteiger charge is 2.53. The molecule has 114 valence electrons. The first-order valence-electron chi connectivity index (χ1n) is 7.56. The maximum Gasteiger partial charge on any atom is 0.248 e. The standard InChI is InChI=1S/C17H24N2O2/c1-5-17(6-2)14(20)18-16(3,4)15(21)19(17)12-13-10-8-7-9-11-13/h7-11H,5-6,12H2,1-4H3,(H,18,20). The maximum atomic E-state index is 12.8. The molecule has 1 aliphatic heterocycles. The minimum atomic E-state index is -0.848. The highest BCUT2D eigenvalue weighted by Crippen LogP contribution is 2.33. The van der Waals surface area contributed by atoms with E-state index in [4.69, 9.17) is 0 Å². The number of hydrogen-bond donors (Lipinski definition) is 1. The highest BCUT2D eigenvalue weighted by molar-refractivity contribution is 6.01. The molecular weight excluding hydrogens is 264 g/mol. The molecule has 2 rings (SSSR count). The van der Waals surface area contributed by atoms with Gasteiger partial charge in [-0.1, -0.05) is 44.2 Å². The minimum Gasteiger partial charge on any atom is -0.340 e. The van der Waals surface area contributed by atoms with Crippen molar-refractivity contribution in [1.82, 2.24) is 10.2 Å². The van der Waals surface area contributed by atoms with Crippen LogP contribution in [-0.2, 0) is 16.1 Å². The summed E-state index contributed by atoms with van der Waals surface area (Å²) < 4.78 is 0. The van der Waals surface area contributed by atoms with Gasteiger partial charge in [-0.3, -0.25) is 9.59 Å². The van der Waals surface area contributed by atoms with Crippen LogP contribution in [0.3, 0.4) is 0 Å². The second-order valence-electron chi connectivity index (χ2n) is 6.19. The van der Waals surface area contributed by atoms with Crippen LogP contribution in [-0.4, -0.2) is 27.8 Å². The van der Waals surface area contributed by atoms with Gasteiger partial charge in [-0.05, 0) is 32.3 Å². The van der Waals surface area contributed by atoms with E-state index in [-0.39, 0.29) is 11.8 Å². The van der Waals surface area contributed by atoms with Crippen molar-refractivity contribution in [3.63, 3.8) is 0 Å². The number of rotatable bonds is 4. The third-order valence-corrected chi connectivity index (χ3v) is 4.50. The number of piperazine rings is 1. The molecule has 0 saturated carbocycles. The smallest absolute Gasteiger partial charge is 0.248 e. The molecule has 1 aromatic rings. The zero-order chi connectivity index (χ0) is 15.7. The Kier molecular flexibility index (Phi) is 4.08. The van der Waals surface area contributed by atoms with E-state index < -0.39 is 11.1 Å². The van der Waals surface area contributed by atoms with Crippen molar-refractivity contribution in [1.29, 1.82) is 0 Å². The molecule has 1 N–H and O–H groups in total. The number of benzene rings is 1. The molecule has 0 spiro atoms. The summed E-state index contributed by atoms with van der Waals surface area (Å²) >= 11 is 0. The summed E-state index contributed by atoms with van der Waals surface area (Å²) in [7, 11) is 0. The van der Waals surface area contributed by atoms with Gasteiger partial charge >= 0.3 is 0 Å². The van der Waals surface area contributed by atoms with Crippen LogP contribution in [0.25, 0.3) is 0 Å². The quantitative estimate of drug-likeness (QED) is 0.925. The fourth-order valence-electron chi connectivity index (χ4n) is 3.05. The Morgan fingerprint density at radius 2 is 1.62 bits per heavy atom. The van der Waals surface area contributed by atoms with Crippen molar-refractivity contribution < 1.29 is 9.59 Å². The molecule has 0 radical (unpaired) electrons. The van der Waals surface area contributed by atoms with Crippen molar-refractivity contribution >= 4 is 11.8 Å². The van der Waals surface area contributed by atoms with E-state index in [1.165, 1.54) is 0 Å². The van der Waals surface area contributed by atoms with Crippen LogP contribution in [0, 0.1) is 0 Å². The molecular formula is C17H24N2O2. The predicted molar refractivity (Wildman–Crippen MR) is 82.5 cm³/mol. The Morgan fingerprint density at radius 1 is 1.05 bits per heavy atom. The Labute approximate surface area is 126 Å². The average Bonchev–Trinajstić information content (AvgIpc) is 2.46. The molecule has 1 fully saturated rings. The average molecular weight is 288 g/mol. The summed E-state index contributed by atoms with van der Waals surface area (Å²) in [5.74, 6) is -0.0670. The molecule has 0 atom stereocenters. The zero-order valence-electron chi connectivity index (χ0n) is 13.3. The molecule has 0 aliphatic carbocycles. The lowest BCUT2D eigenvalue weighted by molar-refractivity contribution is -0.163. The maximum absolute atomic E-state index is 12.8. The predicted octanol–water partition coefficient (Wildman–Crippen LogP) is 2.48. The van der Waals surface area contributed by atoms with E-state index in [9.17, 15) is 9.59 Å². The summed E-state index contributed by atoms with van der Waals surface area (Å²) in [4.78, 5) is 27.2. The largest absolute Gasteiger partial charge is 0.340 e. The fraction of sp³-hybridized carbons (Fsp3) is 0.529. The Bertz CT molecular complexity index is 533. The van der Waals surface area contributed by atoms with E-state index >= 15 is 0 Å². The number of carbonyl (C=O) groups excluding carboxylic acids is 2. The zero-order valence-corrected chi connectivity index (χ0v) is 13.3. The molecule has 21 heavy (non-hydrogen) atoms. The lowest BCUT2D eigenvalue weighted by Crippen LogP contribution is -2.73. The van der Waals surface area contributed by atoms with E-state index in [0.29, 0.717) is 19.4 Å². The number of amides is 2. The normalized spacial score (nSPS) is 20.3.